The zero-order valence-corrected chi connectivity index (χ0v) is 12.0. The Morgan fingerprint density at radius 3 is 2.52 bits per heavy atom. The van der Waals surface area contributed by atoms with Crippen molar-refractivity contribution in [3.8, 4) is 0 Å². The molecule has 1 aliphatic carbocycles. The molecule has 0 saturated carbocycles. The molecule has 0 unspecified atom stereocenters. The van der Waals surface area contributed by atoms with Crippen molar-refractivity contribution in [2.45, 2.75) is 44.4 Å². The Morgan fingerprint density at radius 1 is 1.10 bits per heavy atom. The number of hydrogen-bond acceptors (Lipinski definition) is 3. The number of imide groups is 1. The van der Waals surface area contributed by atoms with Gasteiger partial charge in [0.1, 0.15) is 0 Å². The van der Waals surface area contributed by atoms with E-state index >= 15 is 0 Å². The van der Waals surface area contributed by atoms with Gasteiger partial charge in [-0.1, -0.05) is 12.1 Å². The van der Waals surface area contributed by atoms with Crippen LogP contribution in [0, 0.1) is 0 Å². The van der Waals surface area contributed by atoms with Gasteiger partial charge in [-0.15, -0.1) is 0 Å². The predicted molar refractivity (Wildman–Crippen MR) is 82.4 cm³/mol. The van der Waals surface area contributed by atoms with Crippen LogP contribution in [-0.2, 0) is 9.59 Å². The normalized spacial score (nSPS) is 20.1. The fourth-order valence-electron chi connectivity index (χ4n) is 3.20. The molecule has 3 rings (SSSR count). The van der Waals surface area contributed by atoms with Crippen LogP contribution < -0.4 is 11.1 Å². The van der Waals surface area contributed by atoms with Gasteiger partial charge >= 0.3 is 0 Å². The summed E-state index contributed by atoms with van der Waals surface area (Å²) in [5.74, 6) is -0.409. The zero-order chi connectivity index (χ0) is 14.8. The highest BCUT2D eigenvalue weighted by atomic mass is 16.2. The number of hydrogen-bond donors (Lipinski definition) is 2. The van der Waals surface area contributed by atoms with Crippen LogP contribution in [0.15, 0.2) is 24.3 Å². The zero-order valence-electron chi connectivity index (χ0n) is 12.0. The number of nitrogens with one attached hydrogen (secondary N) is 1. The molecule has 1 aromatic carbocycles. The highest BCUT2D eigenvalue weighted by molar-refractivity contribution is 5.98. The highest BCUT2D eigenvalue weighted by Crippen LogP contribution is 2.34. The standard InChI is InChI=1S/C17H20N2O2/c18-15-7-6-12(13-9-16(20)19-17(21)10-13)8-14(15)11-4-2-1-3-5-11/h4,6-8,13H,1-3,5,9-10,18H2,(H,19,20,21). The van der Waals surface area contributed by atoms with Crippen LogP contribution in [0.1, 0.15) is 55.6 Å². The number of carbonyl (C=O) groups is 2. The number of rotatable bonds is 2. The smallest absolute Gasteiger partial charge is 0.227 e. The van der Waals surface area contributed by atoms with Gasteiger partial charge in [-0.3, -0.25) is 14.9 Å². The first-order valence-electron chi connectivity index (χ1n) is 7.55. The molecule has 4 nitrogen and oxygen atoms in total. The average Bonchev–Trinajstić information content (AvgIpc) is 2.47. The molecule has 1 heterocycles. The number of carbonyl (C=O) groups excluding carboxylic acids is 2. The lowest BCUT2D eigenvalue weighted by atomic mass is 9.85. The Bertz CT molecular complexity index is 603. The summed E-state index contributed by atoms with van der Waals surface area (Å²) in [5.41, 5.74) is 10.3. The van der Waals surface area contributed by atoms with Gasteiger partial charge in [0.2, 0.25) is 11.8 Å². The average molecular weight is 284 g/mol. The van der Waals surface area contributed by atoms with Crippen molar-refractivity contribution >= 4 is 23.1 Å². The van der Waals surface area contributed by atoms with Gasteiger partial charge in [0.15, 0.2) is 0 Å². The van der Waals surface area contributed by atoms with E-state index in [0.29, 0.717) is 12.8 Å². The molecule has 1 fully saturated rings. The maximum absolute atomic E-state index is 11.5. The van der Waals surface area contributed by atoms with Crippen LogP contribution in [0.5, 0.6) is 0 Å². The van der Waals surface area contributed by atoms with Gasteiger partial charge in [0, 0.05) is 30.0 Å². The maximum atomic E-state index is 11.5. The Morgan fingerprint density at radius 2 is 1.86 bits per heavy atom. The molecule has 0 radical (unpaired) electrons. The molecular formula is C17H20N2O2. The third kappa shape index (κ3) is 2.99. The van der Waals surface area contributed by atoms with E-state index in [1.54, 1.807) is 0 Å². The van der Waals surface area contributed by atoms with Crippen LogP contribution in [-0.4, -0.2) is 11.8 Å². The molecule has 4 heteroatoms. The fourth-order valence-corrected chi connectivity index (χ4v) is 3.20. The van der Waals surface area contributed by atoms with Gasteiger partial charge in [0.25, 0.3) is 0 Å². The molecule has 1 aliphatic heterocycles. The Balaban J connectivity index is 1.91. The first-order valence-corrected chi connectivity index (χ1v) is 7.55. The second-order valence-corrected chi connectivity index (χ2v) is 5.90. The third-order valence-corrected chi connectivity index (χ3v) is 4.33. The number of allylic oxidation sites excluding steroid dienone is 2. The number of anilines is 1. The molecule has 0 spiro atoms. The summed E-state index contributed by atoms with van der Waals surface area (Å²) < 4.78 is 0. The minimum absolute atomic E-state index is 0.0326. The monoisotopic (exact) mass is 284 g/mol. The Kier molecular flexibility index (Phi) is 3.78. The predicted octanol–water partition coefficient (Wildman–Crippen LogP) is 2.75. The second kappa shape index (κ2) is 5.72. The van der Waals surface area contributed by atoms with Crippen LogP contribution in [0.4, 0.5) is 5.69 Å². The first kappa shape index (κ1) is 13.9. The summed E-state index contributed by atoms with van der Waals surface area (Å²) in [6.45, 7) is 0. The second-order valence-electron chi connectivity index (χ2n) is 5.90. The summed E-state index contributed by atoms with van der Waals surface area (Å²) in [6.07, 6.45) is 7.58. The SMILES string of the molecule is Nc1ccc(C2CC(=O)NC(=O)C2)cc1C1=CCCCC1. The summed E-state index contributed by atoms with van der Waals surface area (Å²) in [5, 5.41) is 2.35. The van der Waals surface area contributed by atoms with Crippen LogP contribution >= 0.6 is 0 Å². The van der Waals surface area contributed by atoms with Crippen LogP contribution in [0.2, 0.25) is 0 Å². The van der Waals surface area contributed by atoms with Gasteiger partial charge in [0.05, 0.1) is 0 Å². The van der Waals surface area contributed by atoms with Gasteiger partial charge in [-0.2, -0.15) is 0 Å². The fraction of sp³-hybridized carbons (Fsp3) is 0.412. The van der Waals surface area contributed by atoms with E-state index in [2.05, 4.69) is 17.5 Å². The van der Waals surface area contributed by atoms with Crippen molar-refractivity contribution < 1.29 is 9.59 Å². The quantitative estimate of drug-likeness (QED) is 0.648. The largest absolute Gasteiger partial charge is 0.398 e. The van der Waals surface area contributed by atoms with Crippen molar-refractivity contribution in [1.82, 2.24) is 5.32 Å². The number of benzene rings is 1. The van der Waals surface area contributed by atoms with Gasteiger partial charge in [-0.05, 0) is 49.0 Å². The van der Waals surface area contributed by atoms with Crippen molar-refractivity contribution in [2.24, 2.45) is 0 Å². The molecular weight excluding hydrogens is 264 g/mol. The van der Waals surface area contributed by atoms with Crippen molar-refractivity contribution in [3.05, 3.63) is 35.4 Å². The molecule has 21 heavy (non-hydrogen) atoms. The molecule has 110 valence electrons. The lowest BCUT2D eigenvalue weighted by Crippen LogP contribution is -2.37. The summed E-state index contributed by atoms with van der Waals surface area (Å²) in [4.78, 5) is 23.1. The summed E-state index contributed by atoms with van der Waals surface area (Å²) in [7, 11) is 0. The molecule has 2 aliphatic rings. The molecule has 1 saturated heterocycles. The molecule has 2 amide bonds. The minimum atomic E-state index is -0.188. The van der Waals surface area contributed by atoms with E-state index in [9.17, 15) is 9.59 Å². The minimum Gasteiger partial charge on any atom is -0.398 e. The van der Waals surface area contributed by atoms with Crippen LogP contribution in [0.3, 0.4) is 0 Å². The maximum Gasteiger partial charge on any atom is 0.227 e. The third-order valence-electron chi connectivity index (χ3n) is 4.33. The van der Waals surface area contributed by atoms with Crippen molar-refractivity contribution in [3.63, 3.8) is 0 Å². The molecule has 0 bridgehead atoms. The number of nitrogens with two attached hydrogens (primary N) is 1. The van der Waals surface area contributed by atoms with Crippen molar-refractivity contribution in [2.75, 3.05) is 5.73 Å². The summed E-state index contributed by atoms with van der Waals surface area (Å²) >= 11 is 0. The summed E-state index contributed by atoms with van der Waals surface area (Å²) in [6, 6.07) is 5.92. The van der Waals surface area contributed by atoms with E-state index < -0.39 is 0 Å². The Hall–Kier alpha value is -2.10. The highest BCUT2D eigenvalue weighted by Gasteiger charge is 2.26. The lowest BCUT2D eigenvalue weighted by molar-refractivity contribution is -0.133. The molecule has 0 aromatic heterocycles. The van der Waals surface area contributed by atoms with E-state index in [-0.39, 0.29) is 17.7 Å². The van der Waals surface area contributed by atoms with Crippen LogP contribution in [0.25, 0.3) is 5.57 Å². The molecule has 1 aromatic rings. The van der Waals surface area contributed by atoms with Gasteiger partial charge < -0.3 is 5.73 Å². The van der Waals surface area contributed by atoms with Gasteiger partial charge in [-0.25, -0.2) is 0 Å². The number of nitrogen functional groups attached to an aromatic ring is 1. The number of piperidine rings is 1. The topological polar surface area (TPSA) is 72.2 Å². The van der Waals surface area contributed by atoms with E-state index in [1.165, 1.54) is 18.4 Å². The van der Waals surface area contributed by atoms with E-state index in [0.717, 1.165) is 29.7 Å². The Labute approximate surface area is 124 Å². The molecule has 3 N–H and O–H groups in total. The number of amides is 2. The van der Waals surface area contributed by atoms with E-state index in [4.69, 9.17) is 5.73 Å². The lowest BCUT2D eigenvalue weighted by Gasteiger charge is -2.23. The van der Waals surface area contributed by atoms with E-state index in [1.807, 2.05) is 12.1 Å². The van der Waals surface area contributed by atoms with Crippen molar-refractivity contribution in [1.29, 1.82) is 0 Å². The molecule has 0 atom stereocenters. The first-order chi connectivity index (χ1) is 10.1.